The SMILES string of the molecule is Cc1ccc(C)c(COc2cccc(Cl)c2C(=O)O)c1. The topological polar surface area (TPSA) is 46.5 Å². The number of carbonyl (C=O) groups is 1. The molecule has 0 aliphatic rings. The zero-order chi connectivity index (χ0) is 14.7. The van der Waals surface area contributed by atoms with Gasteiger partial charge in [0, 0.05) is 0 Å². The van der Waals surface area contributed by atoms with Gasteiger partial charge in [0.15, 0.2) is 0 Å². The van der Waals surface area contributed by atoms with Gasteiger partial charge in [-0.25, -0.2) is 4.79 Å². The van der Waals surface area contributed by atoms with E-state index in [0.717, 1.165) is 16.7 Å². The summed E-state index contributed by atoms with van der Waals surface area (Å²) in [6.07, 6.45) is 0. The first-order valence-corrected chi connectivity index (χ1v) is 6.57. The molecule has 0 fully saturated rings. The number of ether oxygens (including phenoxy) is 1. The third-order valence-electron chi connectivity index (χ3n) is 3.08. The maximum atomic E-state index is 11.2. The number of hydrogen-bond donors (Lipinski definition) is 1. The Morgan fingerprint density at radius 2 is 2.00 bits per heavy atom. The van der Waals surface area contributed by atoms with E-state index < -0.39 is 5.97 Å². The van der Waals surface area contributed by atoms with Crippen molar-refractivity contribution in [2.24, 2.45) is 0 Å². The number of carboxylic acid groups (broad SMARTS) is 1. The van der Waals surface area contributed by atoms with E-state index >= 15 is 0 Å². The first-order valence-electron chi connectivity index (χ1n) is 6.20. The average molecular weight is 291 g/mol. The number of hydrogen-bond acceptors (Lipinski definition) is 2. The van der Waals surface area contributed by atoms with Crippen LogP contribution in [0.2, 0.25) is 5.02 Å². The minimum atomic E-state index is -1.09. The molecule has 0 aliphatic carbocycles. The molecule has 0 radical (unpaired) electrons. The van der Waals surface area contributed by atoms with Gasteiger partial charge < -0.3 is 9.84 Å². The van der Waals surface area contributed by atoms with Gasteiger partial charge in [-0.05, 0) is 37.1 Å². The second-order valence-corrected chi connectivity index (χ2v) is 5.04. The molecule has 0 atom stereocenters. The molecule has 104 valence electrons. The molecule has 0 aromatic heterocycles. The zero-order valence-electron chi connectivity index (χ0n) is 11.3. The van der Waals surface area contributed by atoms with Gasteiger partial charge in [0.2, 0.25) is 0 Å². The van der Waals surface area contributed by atoms with Crippen LogP contribution < -0.4 is 4.74 Å². The highest BCUT2D eigenvalue weighted by Crippen LogP contribution is 2.27. The fourth-order valence-electron chi connectivity index (χ4n) is 1.94. The first kappa shape index (κ1) is 14.4. The second kappa shape index (κ2) is 5.97. The minimum Gasteiger partial charge on any atom is -0.488 e. The minimum absolute atomic E-state index is 0.000488. The van der Waals surface area contributed by atoms with Gasteiger partial charge >= 0.3 is 5.97 Å². The summed E-state index contributed by atoms with van der Waals surface area (Å²) in [7, 11) is 0. The van der Waals surface area contributed by atoms with Crippen molar-refractivity contribution >= 4 is 17.6 Å². The summed E-state index contributed by atoms with van der Waals surface area (Å²) >= 11 is 5.90. The molecule has 0 aliphatic heterocycles. The van der Waals surface area contributed by atoms with Crippen LogP contribution in [0.4, 0.5) is 0 Å². The fraction of sp³-hybridized carbons (Fsp3) is 0.188. The van der Waals surface area contributed by atoms with Gasteiger partial charge in [-0.3, -0.25) is 0 Å². The highest BCUT2D eigenvalue weighted by atomic mass is 35.5. The third-order valence-corrected chi connectivity index (χ3v) is 3.39. The quantitative estimate of drug-likeness (QED) is 0.916. The van der Waals surface area contributed by atoms with Crippen LogP contribution in [-0.4, -0.2) is 11.1 Å². The normalized spacial score (nSPS) is 10.3. The van der Waals surface area contributed by atoms with Crippen molar-refractivity contribution in [1.82, 2.24) is 0 Å². The average Bonchev–Trinajstić information content (AvgIpc) is 2.39. The lowest BCUT2D eigenvalue weighted by molar-refractivity contribution is 0.0692. The lowest BCUT2D eigenvalue weighted by Crippen LogP contribution is -2.05. The molecule has 3 nitrogen and oxygen atoms in total. The molecular formula is C16H15ClO3. The van der Waals surface area contributed by atoms with Crippen LogP contribution in [0.3, 0.4) is 0 Å². The van der Waals surface area contributed by atoms with E-state index in [0.29, 0.717) is 6.61 Å². The highest BCUT2D eigenvalue weighted by Gasteiger charge is 2.15. The lowest BCUT2D eigenvalue weighted by atomic mass is 10.1. The summed E-state index contributed by atoms with van der Waals surface area (Å²) in [5.74, 6) is -0.808. The number of aryl methyl sites for hydroxylation is 2. The summed E-state index contributed by atoms with van der Waals surface area (Å²) < 4.78 is 5.64. The van der Waals surface area contributed by atoms with Crippen LogP contribution in [0.5, 0.6) is 5.75 Å². The third kappa shape index (κ3) is 3.11. The van der Waals surface area contributed by atoms with Crippen LogP contribution in [0.15, 0.2) is 36.4 Å². The Morgan fingerprint density at radius 3 is 2.70 bits per heavy atom. The Hall–Kier alpha value is -2.00. The Kier molecular flexibility index (Phi) is 4.30. The van der Waals surface area contributed by atoms with Gasteiger partial charge in [0.25, 0.3) is 0 Å². The molecule has 0 saturated carbocycles. The Morgan fingerprint density at radius 1 is 1.25 bits per heavy atom. The van der Waals surface area contributed by atoms with E-state index in [1.54, 1.807) is 12.1 Å². The van der Waals surface area contributed by atoms with E-state index in [-0.39, 0.29) is 16.3 Å². The Labute approximate surface area is 122 Å². The molecule has 2 rings (SSSR count). The Balaban J connectivity index is 2.25. The fourth-order valence-corrected chi connectivity index (χ4v) is 2.19. The number of rotatable bonds is 4. The zero-order valence-corrected chi connectivity index (χ0v) is 12.1. The van der Waals surface area contributed by atoms with Crippen molar-refractivity contribution in [3.8, 4) is 5.75 Å². The monoisotopic (exact) mass is 290 g/mol. The molecule has 0 bridgehead atoms. The molecule has 0 spiro atoms. The molecule has 0 amide bonds. The molecule has 0 heterocycles. The predicted octanol–water partition coefficient (Wildman–Crippen LogP) is 4.23. The van der Waals surface area contributed by atoms with Crippen molar-refractivity contribution in [2.45, 2.75) is 20.5 Å². The van der Waals surface area contributed by atoms with Crippen LogP contribution >= 0.6 is 11.6 Å². The number of halogens is 1. The maximum Gasteiger partial charge on any atom is 0.341 e. The van der Waals surface area contributed by atoms with Crippen molar-refractivity contribution < 1.29 is 14.6 Å². The molecule has 0 saturated heterocycles. The predicted molar refractivity (Wildman–Crippen MR) is 78.7 cm³/mol. The van der Waals surface area contributed by atoms with Gasteiger partial charge in [-0.1, -0.05) is 41.4 Å². The van der Waals surface area contributed by atoms with Crippen molar-refractivity contribution in [1.29, 1.82) is 0 Å². The van der Waals surface area contributed by atoms with E-state index in [4.69, 9.17) is 16.3 Å². The molecule has 2 aromatic carbocycles. The largest absolute Gasteiger partial charge is 0.488 e. The number of benzene rings is 2. The number of carboxylic acids is 1. The van der Waals surface area contributed by atoms with E-state index in [1.807, 2.05) is 32.0 Å². The highest BCUT2D eigenvalue weighted by molar-refractivity contribution is 6.33. The van der Waals surface area contributed by atoms with Crippen molar-refractivity contribution in [3.05, 3.63) is 63.7 Å². The smallest absolute Gasteiger partial charge is 0.341 e. The first-order chi connectivity index (χ1) is 9.49. The van der Waals surface area contributed by atoms with Gasteiger partial charge in [-0.2, -0.15) is 0 Å². The summed E-state index contributed by atoms with van der Waals surface area (Å²) in [6, 6.07) is 10.9. The van der Waals surface area contributed by atoms with Crippen LogP contribution in [0.1, 0.15) is 27.0 Å². The molecule has 0 unspecified atom stereocenters. The molecule has 4 heteroatoms. The lowest BCUT2D eigenvalue weighted by Gasteiger charge is -2.12. The standard InChI is InChI=1S/C16H15ClO3/c1-10-6-7-11(2)12(8-10)9-20-14-5-3-4-13(17)15(14)16(18)19/h3-8H,9H2,1-2H3,(H,18,19). The van der Waals surface area contributed by atoms with Gasteiger partial charge in [0.05, 0.1) is 5.02 Å². The van der Waals surface area contributed by atoms with Crippen LogP contribution in [0, 0.1) is 13.8 Å². The summed E-state index contributed by atoms with van der Waals surface area (Å²) in [4.78, 5) is 11.2. The van der Waals surface area contributed by atoms with Gasteiger partial charge in [-0.15, -0.1) is 0 Å². The molecular weight excluding hydrogens is 276 g/mol. The van der Waals surface area contributed by atoms with E-state index in [1.165, 1.54) is 6.07 Å². The second-order valence-electron chi connectivity index (χ2n) is 4.64. The molecule has 1 N–H and O–H groups in total. The summed E-state index contributed by atoms with van der Waals surface area (Å²) in [5.41, 5.74) is 3.27. The van der Waals surface area contributed by atoms with Crippen molar-refractivity contribution in [2.75, 3.05) is 0 Å². The maximum absolute atomic E-state index is 11.2. The Bertz CT molecular complexity index is 650. The van der Waals surface area contributed by atoms with Gasteiger partial charge in [0.1, 0.15) is 17.9 Å². The summed E-state index contributed by atoms with van der Waals surface area (Å²) in [5, 5.41) is 9.35. The van der Waals surface area contributed by atoms with E-state index in [9.17, 15) is 9.90 Å². The number of aromatic carboxylic acids is 1. The van der Waals surface area contributed by atoms with Crippen molar-refractivity contribution in [3.63, 3.8) is 0 Å². The van der Waals surface area contributed by atoms with Crippen LogP contribution in [0.25, 0.3) is 0 Å². The molecule has 2 aromatic rings. The summed E-state index contributed by atoms with van der Waals surface area (Å²) in [6.45, 7) is 4.31. The van der Waals surface area contributed by atoms with E-state index in [2.05, 4.69) is 0 Å². The van der Waals surface area contributed by atoms with Crippen LogP contribution in [-0.2, 0) is 6.61 Å². The molecule has 20 heavy (non-hydrogen) atoms.